The van der Waals surface area contributed by atoms with Crippen LogP contribution in [0.5, 0.6) is 0 Å². The van der Waals surface area contributed by atoms with E-state index in [1.807, 2.05) is 11.6 Å². The van der Waals surface area contributed by atoms with Gasteiger partial charge < -0.3 is 10.6 Å². The summed E-state index contributed by atoms with van der Waals surface area (Å²) in [5.74, 6) is 0.771. The minimum atomic E-state index is 0. The van der Waals surface area contributed by atoms with Crippen LogP contribution in [0.25, 0.3) is 0 Å². The molecule has 1 aromatic heterocycles. The van der Waals surface area contributed by atoms with E-state index in [1.54, 1.807) is 11.3 Å². The van der Waals surface area contributed by atoms with Crippen molar-refractivity contribution in [3.63, 3.8) is 0 Å². The lowest BCUT2D eigenvalue weighted by Gasteiger charge is -2.29. The van der Waals surface area contributed by atoms with E-state index in [1.165, 1.54) is 24.4 Å². The molecule has 0 bridgehead atoms. The first-order valence-electron chi connectivity index (χ1n) is 6.04. The highest BCUT2D eigenvalue weighted by atomic mass is 35.5. The summed E-state index contributed by atoms with van der Waals surface area (Å²) in [6.45, 7) is 7.84. The Morgan fingerprint density at radius 3 is 3.00 bits per heavy atom. The molecule has 0 spiro atoms. The van der Waals surface area contributed by atoms with E-state index < -0.39 is 0 Å². The van der Waals surface area contributed by atoms with Crippen molar-refractivity contribution in [1.29, 1.82) is 0 Å². The Morgan fingerprint density at radius 2 is 2.41 bits per heavy atom. The fourth-order valence-electron chi connectivity index (χ4n) is 2.11. The molecule has 3 nitrogen and oxygen atoms in total. The normalized spacial score (nSPS) is 20.9. The maximum atomic E-state index is 4.39. The molecule has 98 valence electrons. The topological polar surface area (TPSA) is 37.0 Å². The number of piperidine rings is 1. The number of hydrogen-bond donors (Lipinski definition) is 2. The van der Waals surface area contributed by atoms with E-state index in [0.717, 1.165) is 19.0 Å². The van der Waals surface area contributed by atoms with Gasteiger partial charge in [0.05, 0.1) is 5.54 Å². The summed E-state index contributed by atoms with van der Waals surface area (Å²) in [4.78, 5) is 4.39. The minimum Gasteiger partial charge on any atom is -0.316 e. The number of aromatic nitrogens is 1. The molecule has 1 aliphatic heterocycles. The molecule has 1 aromatic rings. The van der Waals surface area contributed by atoms with Crippen molar-refractivity contribution in [3.8, 4) is 0 Å². The number of hydrogen-bond acceptors (Lipinski definition) is 4. The summed E-state index contributed by atoms with van der Waals surface area (Å²) < 4.78 is 0. The molecule has 1 fully saturated rings. The van der Waals surface area contributed by atoms with Gasteiger partial charge in [0.1, 0.15) is 5.01 Å². The van der Waals surface area contributed by atoms with Crippen molar-refractivity contribution in [1.82, 2.24) is 15.6 Å². The van der Waals surface area contributed by atoms with Gasteiger partial charge in [0.15, 0.2) is 0 Å². The SMILES string of the molecule is CC(C)(NCC1CCCNC1)c1nccs1.Cl. The molecule has 1 unspecified atom stereocenters. The number of halogens is 1. The van der Waals surface area contributed by atoms with Gasteiger partial charge in [-0.25, -0.2) is 4.98 Å². The summed E-state index contributed by atoms with van der Waals surface area (Å²) in [5.41, 5.74) is 0.00557. The third kappa shape index (κ3) is 4.21. The Kier molecular flexibility index (Phi) is 5.86. The van der Waals surface area contributed by atoms with Crippen molar-refractivity contribution in [2.45, 2.75) is 32.2 Å². The van der Waals surface area contributed by atoms with Crippen LogP contribution < -0.4 is 10.6 Å². The number of nitrogens with one attached hydrogen (secondary N) is 2. The smallest absolute Gasteiger partial charge is 0.112 e. The lowest BCUT2D eigenvalue weighted by molar-refractivity contribution is 0.307. The molecule has 2 N–H and O–H groups in total. The first-order chi connectivity index (χ1) is 7.68. The molecule has 0 aliphatic carbocycles. The molecule has 1 saturated heterocycles. The van der Waals surface area contributed by atoms with Gasteiger partial charge in [-0.15, -0.1) is 23.7 Å². The van der Waals surface area contributed by atoms with Gasteiger partial charge in [-0.05, 0) is 45.7 Å². The predicted molar refractivity (Wildman–Crippen MR) is 76.0 cm³/mol. The average molecular weight is 276 g/mol. The third-order valence-electron chi connectivity index (χ3n) is 3.20. The summed E-state index contributed by atoms with van der Waals surface area (Å²) in [7, 11) is 0. The molecule has 5 heteroatoms. The molecule has 1 atom stereocenters. The van der Waals surface area contributed by atoms with Crippen LogP contribution in [0.3, 0.4) is 0 Å². The lowest BCUT2D eigenvalue weighted by Crippen LogP contribution is -2.43. The van der Waals surface area contributed by atoms with Gasteiger partial charge in [0, 0.05) is 18.1 Å². The molecular formula is C12H22ClN3S. The fraction of sp³-hybridized carbons (Fsp3) is 0.750. The van der Waals surface area contributed by atoms with Gasteiger partial charge >= 0.3 is 0 Å². The minimum absolute atomic E-state index is 0. The second-order valence-electron chi connectivity index (χ2n) is 5.06. The Bertz CT molecular complexity index is 308. The molecule has 0 radical (unpaired) electrons. The van der Waals surface area contributed by atoms with Crippen molar-refractivity contribution >= 4 is 23.7 Å². The average Bonchev–Trinajstić information content (AvgIpc) is 2.82. The first kappa shape index (κ1) is 14.9. The zero-order valence-corrected chi connectivity index (χ0v) is 12.2. The van der Waals surface area contributed by atoms with E-state index in [9.17, 15) is 0 Å². The van der Waals surface area contributed by atoms with Gasteiger partial charge in [-0.3, -0.25) is 0 Å². The highest BCUT2D eigenvalue weighted by molar-refractivity contribution is 7.09. The van der Waals surface area contributed by atoms with Gasteiger partial charge in [0.2, 0.25) is 0 Å². The van der Waals surface area contributed by atoms with Crippen LogP contribution in [0, 0.1) is 5.92 Å². The highest BCUT2D eigenvalue weighted by Gasteiger charge is 2.24. The summed E-state index contributed by atoms with van der Waals surface area (Å²) in [6, 6.07) is 0. The van der Waals surface area contributed by atoms with E-state index >= 15 is 0 Å². The molecule has 17 heavy (non-hydrogen) atoms. The van der Waals surface area contributed by atoms with Crippen LogP contribution in [0.15, 0.2) is 11.6 Å². The van der Waals surface area contributed by atoms with Crippen molar-refractivity contribution in [2.24, 2.45) is 5.92 Å². The van der Waals surface area contributed by atoms with Crippen LogP contribution in [-0.4, -0.2) is 24.6 Å². The summed E-state index contributed by atoms with van der Waals surface area (Å²) >= 11 is 1.73. The first-order valence-corrected chi connectivity index (χ1v) is 6.92. The molecule has 1 aliphatic rings. The largest absolute Gasteiger partial charge is 0.316 e. The zero-order valence-electron chi connectivity index (χ0n) is 10.5. The van der Waals surface area contributed by atoms with Crippen LogP contribution in [0.1, 0.15) is 31.7 Å². The number of rotatable bonds is 4. The molecule has 2 rings (SSSR count). The van der Waals surface area contributed by atoms with E-state index in [2.05, 4.69) is 29.5 Å². The Labute approximate surface area is 114 Å². The quantitative estimate of drug-likeness (QED) is 0.886. The molecule has 0 aromatic carbocycles. The maximum Gasteiger partial charge on any atom is 0.112 e. The number of nitrogens with zero attached hydrogens (tertiary/aromatic N) is 1. The van der Waals surface area contributed by atoms with Gasteiger partial charge in [0.25, 0.3) is 0 Å². The summed E-state index contributed by atoms with van der Waals surface area (Å²) in [5, 5.41) is 10.3. The summed E-state index contributed by atoms with van der Waals surface area (Å²) in [6.07, 6.45) is 4.53. The second-order valence-corrected chi connectivity index (χ2v) is 5.95. The van der Waals surface area contributed by atoms with Crippen LogP contribution >= 0.6 is 23.7 Å². The maximum absolute atomic E-state index is 4.39. The van der Waals surface area contributed by atoms with Gasteiger partial charge in [-0.1, -0.05) is 0 Å². The third-order valence-corrected chi connectivity index (χ3v) is 4.30. The lowest BCUT2D eigenvalue weighted by atomic mass is 9.97. The molecule has 0 amide bonds. The number of thiazole rings is 1. The Morgan fingerprint density at radius 1 is 1.59 bits per heavy atom. The van der Waals surface area contributed by atoms with E-state index in [-0.39, 0.29) is 17.9 Å². The van der Waals surface area contributed by atoms with Crippen molar-refractivity contribution < 1.29 is 0 Å². The van der Waals surface area contributed by atoms with Gasteiger partial charge in [-0.2, -0.15) is 0 Å². The predicted octanol–water partition coefficient (Wildman–Crippen LogP) is 2.39. The van der Waals surface area contributed by atoms with Crippen LogP contribution in [-0.2, 0) is 5.54 Å². The van der Waals surface area contributed by atoms with E-state index in [0.29, 0.717) is 0 Å². The monoisotopic (exact) mass is 275 g/mol. The van der Waals surface area contributed by atoms with Crippen LogP contribution in [0.2, 0.25) is 0 Å². The fourth-order valence-corrected chi connectivity index (χ4v) is 2.84. The molecular weight excluding hydrogens is 254 g/mol. The molecule has 0 saturated carbocycles. The second kappa shape index (κ2) is 6.69. The standard InChI is InChI=1S/C12H21N3S.ClH/c1-12(2,11-14-6-7-16-11)15-9-10-4-3-5-13-8-10;/h6-7,10,13,15H,3-5,8-9H2,1-2H3;1H. The Balaban J connectivity index is 0.00000144. The highest BCUT2D eigenvalue weighted by Crippen LogP contribution is 2.22. The zero-order chi connectivity index (χ0) is 11.4. The van der Waals surface area contributed by atoms with Crippen LogP contribution in [0.4, 0.5) is 0 Å². The Hall–Kier alpha value is -0.160. The van der Waals surface area contributed by atoms with Crippen molar-refractivity contribution in [2.75, 3.05) is 19.6 Å². The van der Waals surface area contributed by atoms with Crippen molar-refractivity contribution in [3.05, 3.63) is 16.6 Å². The molecule has 2 heterocycles. The van der Waals surface area contributed by atoms with E-state index in [4.69, 9.17) is 0 Å².